The Morgan fingerprint density at radius 2 is 1.09 bits per heavy atom. The molecule has 6 aromatic rings. The maximum absolute atomic E-state index is 12.6. The van der Waals surface area contributed by atoms with Crippen molar-refractivity contribution in [1.82, 2.24) is 19.9 Å². The van der Waals surface area contributed by atoms with Gasteiger partial charge in [-0.2, -0.15) is 0 Å². The van der Waals surface area contributed by atoms with Gasteiger partial charge in [0.1, 0.15) is 0 Å². The highest BCUT2D eigenvalue weighted by Gasteiger charge is 2.11. The molecule has 6 rings (SSSR count). The van der Waals surface area contributed by atoms with Gasteiger partial charge in [-0.05, 0) is 78.9 Å². The van der Waals surface area contributed by atoms with Crippen molar-refractivity contribution in [3.05, 3.63) is 107 Å². The number of benzene rings is 4. The van der Waals surface area contributed by atoms with Crippen molar-refractivity contribution in [2.75, 3.05) is 22.1 Å². The van der Waals surface area contributed by atoms with E-state index in [4.69, 9.17) is 0 Å². The number of carbonyl (C=O) groups is 2. The highest BCUT2D eigenvalue weighted by molar-refractivity contribution is 8.00. The van der Waals surface area contributed by atoms with Crippen LogP contribution in [0.4, 0.5) is 11.4 Å². The Labute approximate surface area is 257 Å². The molecule has 8 nitrogen and oxygen atoms in total. The predicted molar refractivity (Wildman–Crippen MR) is 176 cm³/mol. The van der Waals surface area contributed by atoms with Gasteiger partial charge >= 0.3 is 0 Å². The zero-order valence-electron chi connectivity index (χ0n) is 23.7. The highest BCUT2D eigenvalue weighted by atomic mass is 32.2. The van der Waals surface area contributed by atoms with Crippen molar-refractivity contribution in [3.8, 4) is 0 Å². The van der Waals surface area contributed by atoms with Gasteiger partial charge in [0, 0.05) is 11.4 Å². The van der Waals surface area contributed by atoms with Crippen LogP contribution in [0.25, 0.3) is 22.1 Å². The number of hydrogen-bond donors (Lipinski definition) is 4. The van der Waals surface area contributed by atoms with Crippen LogP contribution < -0.4 is 10.6 Å². The molecule has 43 heavy (non-hydrogen) atoms. The molecule has 2 aromatic heterocycles. The molecule has 0 aliphatic heterocycles. The highest BCUT2D eigenvalue weighted by Crippen LogP contribution is 2.24. The molecule has 2 heterocycles. The number of fused-ring (bicyclic) bond motifs is 2. The summed E-state index contributed by atoms with van der Waals surface area (Å²) in [6.45, 7) is 4.00. The van der Waals surface area contributed by atoms with E-state index in [2.05, 4.69) is 42.7 Å². The van der Waals surface area contributed by atoms with Crippen LogP contribution in [0.5, 0.6) is 0 Å². The molecule has 0 atom stereocenters. The Morgan fingerprint density at radius 1 is 0.651 bits per heavy atom. The smallest absolute Gasteiger partial charge is 0.234 e. The van der Waals surface area contributed by atoms with Gasteiger partial charge in [0.05, 0.1) is 33.6 Å². The minimum absolute atomic E-state index is 0.0782. The summed E-state index contributed by atoms with van der Waals surface area (Å²) < 4.78 is 0. The third-order valence-electron chi connectivity index (χ3n) is 6.95. The van der Waals surface area contributed by atoms with E-state index in [0.717, 1.165) is 72.4 Å². The van der Waals surface area contributed by atoms with E-state index in [1.165, 1.54) is 23.5 Å². The van der Waals surface area contributed by atoms with Crippen molar-refractivity contribution >= 4 is 68.8 Å². The lowest BCUT2D eigenvalue weighted by atomic mass is 10.00. The molecule has 0 spiro atoms. The van der Waals surface area contributed by atoms with Gasteiger partial charge in [-0.15, -0.1) is 0 Å². The summed E-state index contributed by atoms with van der Waals surface area (Å²) >= 11 is 2.76. The van der Waals surface area contributed by atoms with Gasteiger partial charge in [0.25, 0.3) is 0 Å². The van der Waals surface area contributed by atoms with Crippen molar-refractivity contribution in [1.29, 1.82) is 0 Å². The summed E-state index contributed by atoms with van der Waals surface area (Å²) in [5, 5.41) is 7.49. The van der Waals surface area contributed by atoms with Gasteiger partial charge in [0.2, 0.25) is 11.8 Å². The molecule has 0 fully saturated rings. The number of thioether (sulfide) groups is 2. The molecule has 0 bridgehead atoms. The van der Waals surface area contributed by atoms with Crippen molar-refractivity contribution in [2.24, 2.45) is 0 Å². The van der Waals surface area contributed by atoms with Gasteiger partial charge in [-0.1, -0.05) is 72.1 Å². The first-order valence-corrected chi connectivity index (χ1v) is 15.8. The third-order valence-corrected chi connectivity index (χ3v) is 8.70. The van der Waals surface area contributed by atoms with Gasteiger partial charge in [-0.25, -0.2) is 9.97 Å². The number of para-hydroxylation sites is 4. The Bertz CT molecular complexity index is 1740. The second kappa shape index (κ2) is 12.8. The van der Waals surface area contributed by atoms with Crippen LogP contribution in [0.2, 0.25) is 0 Å². The second-order valence-electron chi connectivity index (χ2n) is 10.3. The Balaban J connectivity index is 1.000. The number of aryl methyl sites for hydroxylation is 2. The summed E-state index contributed by atoms with van der Waals surface area (Å²) in [6.07, 6.45) is 0.744. The molecule has 0 saturated heterocycles. The lowest BCUT2D eigenvalue weighted by Crippen LogP contribution is -2.15. The zero-order chi connectivity index (χ0) is 29.8. The molecule has 216 valence electrons. The minimum Gasteiger partial charge on any atom is -0.333 e. The topological polar surface area (TPSA) is 116 Å². The van der Waals surface area contributed by atoms with E-state index in [-0.39, 0.29) is 23.3 Å². The van der Waals surface area contributed by atoms with Gasteiger partial charge in [-0.3, -0.25) is 9.59 Å². The molecule has 0 unspecified atom stereocenters. The molecular weight excluding hydrogens is 577 g/mol. The summed E-state index contributed by atoms with van der Waals surface area (Å²) in [5.41, 5.74) is 9.59. The number of anilines is 2. The molecule has 4 N–H and O–H groups in total. The summed E-state index contributed by atoms with van der Waals surface area (Å²) in [7, 11) is 0. The number of aromatic nitrogens is 4. The van der Waals surface area contributed by atoms with E-state index in [1.807, 2.05) is 86.6 Å². The van der Waals surface area contributed by atoms with Crippen LogP contribution in [0, 0.1) is 13.8 Å². The Hall–Kier alpha value is -4.54. The lowest BCUT2D eigenvalue weighted by Gasteiger charge is -2.12. The van der Waals surface area contributed by atoms with Crippen LogP contribution in [-0.4, -0.2) is 43.3 Å². The standard InChI is InChI=1S/C33H30N6O2S2/c1-20-15-22(11-13-24(20)34-30(40)18-42-32-36-26-7-3-4-8-27(26)37-32)17-23-12-14-25(21(2)16-23)35-31(41)19-43-33-38-28-9-5-6-10-29(28)39-33/h3-16H,17-19H2,1-2H3,(H,34,40)(H,35,41)(H,36,37)(H,38,39). The van der Waals surface area contributed by atoms with Gasteiger partial charge in [0.15, 0.2) is 10.3 Å². The number of nitrogens with zero attached hydrogens (tertiary/aromatic N) is 2. The number of nitrogens with one attached hydrogen (secondary N) is 4. The number of hydrogen-bond acceptors (Lipinski definition) is 6. The third kappa shape index (κ3) is 7.10. The van der Waals surface area contributed by atoms with E-state index >= 15 is 0 Å². The van der Waals surface area contributed by atoms with Crippen LogP contribution in [-0.2, 0) is 16.0 Å². The van der Waals surface area contributed by atoms with Crippen LogP contribution >= 0.6 is 23.5 Å². The molecule has 10 heteroatoms. The average Bonchev–Trinajstić information content (AvgIpc) is 3.61. The molecule has 4 aromatic carbocycles. The van der Waals surface area contributed by atoms with Gasteiger partial charge < -0.3 is 20.6 Å². The van der Waals surface area contributed by atoms with E-state index < -0.39 is 0 Å². The molecular formula is C33H30N6O2S2. The first-order chi connectivity index (χ1) is 20.9. The quantitative estimate of drug-likeness (QED) is 0.124. The fraction of sp³-hybridized carbons (Fsp3) is 0.152. The number of rotatable bonds is 10. The van der Waals surface area contributed by atoms with E-state index in [9.17, 15) is 9.59 Å². The van der Waals surface area contributed by atoms with Crippen molar-refractivity contribution in [3.63, 3.8) is 0 Å². The van der Waals surface area contributed by atoms with E-state index in [1.54, 1.807) is 0 Å². The molecule has 0 radical (unpaired) electrons. The number of carbonyl (C=O) groups excluding carboxylic acids is 2. The Morgan fingerprint density at radius 3 is 1.51 bits per heavy atom. The van der Waals surface area contributed by atoms with Crippen molar-refractivity contribution < 1.29 is 9.59 Å². The lowest BCUT2D eigenvalue weighted by molar-refractivity contribution is -0.114. The summed E-state index contributed by atoms with van der Waals surface area (Å²) in [5.74, 6) is 0.375. The minimum atomic E-state index is -0.0782. The first kappa shape index (κ1) is 28.6. The number of imidazole rings is 2. The monoisotopic (exact) mass is 606 g/mol. The fourth-order valence-electron chi connectivity index (χ4n) is 4.82. The molecule has 0 aliphatic rings. The molecule has 2 amide bonds. The van der Waals surface area contributed by atoms with E-state index in [0.29, 0.717) is 0 Å². The summed E-state index contributed by atoms with van der Waals surface area (Å²) in [4.78, 5) is 40.7. The Kier molecular flexibility index (Phi) is 8.48. The van der Waals surface area contributed by atoms with Crippen molar-refractivity contribution in [2.45, 2.75) is 30.6 Å². The summed E-state index contributed by atoms with van der Waals surface area (Å²) in [6, 6.07) is 27.8. The number of H-pyrrole nitrogens is 2. The van der Waals surface area contributed by atoms with Crippen LogP contribution in [0.1, 0.15) is 22.3 Å². The zero-order valence-corrected chi connectivity index (χ0v) is 25.4. The average molecular weight is 607 g/mol. The van der Waals surface area contributed by atoms with Crippen LogP contribution in [0.15, 0.2) is 95.2 Å². The SMILES string of the molecule is Cc1cc(Cc2ccc(NC(=O)CSc3nc4ccccc4[nH]3)c(C)c2)ccc1NC(=O)CSc1nc2ccccc2[nH]1. The molecule has 0 aliphatic carbocycles. The number of aromatic amines is 2. The fourth-order valence-corrected chi connectivity index (χ4v) is 6.19. The second-order valence-corrected chi connectivity index (χ2v) is 12.2. The largest absolute Gasteiger partial charge is 0.333 e. The normalized spacial score (nSPS) is 11.2. The first-order valence-electron chi connectivity index (χ1n) is 13.8. The number of amides is 2. The predicted octanol–water partition coefficient (Wildman–Crippen LogP) is 7.11. The maximum atomic E-state index is 12.6. The molecule has 0 saturated carbocycles. The van der Waals surface area contributed by atoms with Crippen LogP contribution in [0.3, 0.4) is 0 Å². The maximum Gasteiger partial charge on any atom is 0.234 e.